The van der Waals surface area contributed by atoms with E-state index in [0.29, 0.717) is 12.1 Å². The smallest absolute Gasteiger partial charge is 0.0517 e. The van der Waals surface area contributed by atoms with Gasteiger partial charge >= 0.3 is 0 Å². The molecule has 78 valence electrons. The average Bonchev–Trinajstić information content (AvgIpc) is 2.71. The maximum atomic E-state index is 6.14. The molecular formula is C11H19N3. The van der Waals surface area contributed by atoms with Gasteiger partial charge in [0.2, 0.25) is 0 Å². The van der Waals surface area contributed by atoms with E-state index in [0.717, 1.165) is 13.0 Å². The lowest BCUT2D eigenvalue weighted by molar-refractivity contribution is 0.198. The lowest BCUT2D eigenvalue weighted by Gasteiger charge is -2.29. The van der Waals surface area contributed by atoms with Crippen molar-refractivity contribution in [2.24, 2.45) is 5.73 Å². The number of likely N-dealkylation sites (tertiary alicyclic amines) is 1. The third-order valence-corrected chi connectivity index (χ3v) is 3.11. The predicted molar refractivity (Wildman–Crippen MR) is 58.0 cm³/mol. The summed E-state index contributed by atoms with van der Waals surface area (Å²) < 4.78 is 0. The Labute approximate surface area is 85.3 Å². The largest absolute Gasteiger partial charge is 0.367 e. The monoisotopic (exact) mass is 193 g/mol. The number of H-pyrrole nitrogens is 1. The molecule has 2 atom stereocenters. The van der Waals surface area contributed by atoms with Crippen molar-refractivity contribution in [2.75, 3.05) is 6.54 Å². The summed E-state index contributed by atoms with van der Waals surface area (Å²) in [6.07, 6.45) is 5.14. The number of aromatic amines is 1. The molecule has 1 aromatic rings. The number of nitrogens with two attached hydrogens (primary N) is 1. The van der Waals surface area contributed by atoms with Crippen LogP contribution in [0.3, 0.4) is 0 Å². The van der Waals surface area contributed by atoms with E-state index in [2.05, 4.69) is 36.0 Å². The first-order valence-electron chi connectivity index (χ1n) is 5.34. The molecular weight excluding hydrogens is 174 g/mol. The first-order chi connectivity index (χ1) is 6.70. The van der Waals surface area contributed by atoms with Gasteiger partial charge in [0, 0.05) is 31.0 Å². The molecule has 2 heterocycles. The van der Waals surface area contributed by atoms with Crippen molar-refractivity contribution in [2.45, 2.75) is 38.4 Å². The van der Waals surface area contributed by atoms with E-state index in [4.69, 9.17) is 5.73 Å². The first-order valence-corrected chi connectivity index (χ1v) is 5.34. The molecule has 1 aliphatic rings. The van der Waals surface area contributed by atoms with E-state index in [9.17, 15) is 0 Å². The quantitative estimate of drug-likeness (QED) is 0.747. The van der Waals surface area contributed by atoms with E-state index in [1.807, 2.05) is 6.20 Å². The normalized spacial score (nSPS) is 28.9. The van der Waals surface area contributed by atoms with Gasteiger partial charge in [-0.1, -0.05) is 0 Å². The van der Waals surface area contributed by atoms with Gasteiger partial charge in [0.05, 0.1) is 6.04 Å². The second-order valence-electron chi connectivity index (χ2n) is 4.37. The van der Waals surface area contributed by atoms with Crippen molar-refractivity contribution >= 4 is 0 Å². The molecule has 0 spiro atoms. The zero-order chi connectivity index (χ0) is 10.1. The van der Waals surface area contributed by atoms with Crippen molar-refractivity contribution in [3.8, 4) is 0 Å². The number of nitrogens with one attached hydrogen (secondary N) is 1. The average molecular weight is 193 g/mol. The van der Waals surface area contributed by atoms with Crippen LogP contribution in [0.2, 0.25) is 0 Å². The summed E-state index contributed by atoms with van der Waals surface area (Å²) in [5.41, 5.74) is 7.47. The second kappa shape index (κ2) is 3.75. The van der Waals surface area contributed by atoms with Gasteiger partial charge in [-0.15, -0.1) is 0 Å². The van der Waals surface area contributed by atoms with E-state index in [-0.39, 0.29) is 6.04 Å². The third kappa shape index (κ3) is 1.57. The van der Waals surface area contributed by atoms with Crippen LogP contribution in [0.5, 0.6) is 0 Å². The fourth-order valence-electron chi connectivity index (χ4n) is 2.38. The highest BCUT2D eigenvalue weighted by Crippen LogP contribution is 2.32. The molecule has 1 aromatic heterocycles. The molecule has 0 amide bonds. The van der Waals surface area contributed by atoms with Gasteiger partial charge in [-0.2, -0.15) is 0 Å². The molecule has 3 heteroatoms. The Morgan fingerprint density at radius 2 is 2.36 bits per heavy atom. The zero-order valence-corrected chi connectivity index (χ0v) is 8.90. The van der Waals surface area contributed by atoms with Crippen LogP contribution in [0.25, 0.3) is 0 Å². The lowest BCUT2D eigenvalue weighted by Crippen LogP contribution is -2.35. The van der Waals surface area contributed by atoms with Crippen molar-refractivity contribution in [3.63, 3.8) is 0 Å². The molecule has 3 nitrogen and oxygen atoms in total. The molecule has 14 heavy (non-hydrogen) atoms. The minimum absolute atomic E-state index is 0.285. The molecule has 0 saturated carbocycles. The summed E-state index contributed by atoms with van der Waals surface area (Å²) in [6, 6.07) is 3.39. The Morgan fingerprint density at radius 3 is 2.93 bits per heavy atom. The lowest BCUT2D eigenvalue weighted by atomic mass is 10.0. The van der Waals surface area contributed by atoms with Crippen molar-refractivity contribution < 1.29 is 0 Å². The van der Waals surface area contributed by atoms with Gasteiger partial charge in [-0.05, 0) is 31.9 Å². The predicted octanol–water partition coefficient (Wildman–Crippen LogP) is 1.50. The van der Waals surface area contributed by atoms with Crippen LogP contribution >= 0.6 is 0 Å². The molecule has 2 rings (SSSR count). The second-order valence-corrected chi connectivity index (χ2v) is 4.37. The number of hydrogen-bond acceptors (Lipinski definition) is 2. The van der Waals surface area contributed by atoms with Crippen LogP contribution in [0.1, 0.15) is 31.9 Å². The van der Waals surface area contributed by atoms with Gasteiger partial charge in [0.1, 0.15) is 0 Å². The van der Waals surface area contributed by atoms with Crippen molar-refractivity contribution in [1.82, 2.24) is 9.88 Å². The van der Waals surface area contributed by atoms with Crippen molar-refractivity contribution in [3.05, 3.63) is 24.0 Å². The highest BCUT2D eigenvalue weighted by molar-refractivity contribution is 5.18. The molecule has 0 aromatic carbocycles. The maximum absolute atomic E-state index is 6.14. The van der Waals surface area contributed by atoms with Crippen LogP contribution in [0, 0.1) is 0 Å². The summed E-state index contributed by atoms with van der Waals surface area (Å²) in [5.74, 6) is 0. The molecule has 1 saturated heterocycles. The summed E-state index contributed by atoms with van der Waals surface area (Å²) in [5, 5.41) is 0. The Balaban J connectivity index is 2.22. The van der Waals surface area contributed by atoms with Crippen LogP contribution in [-0.4, -0.2) is 28.5 Å². The van der Waals surface area contributed by atoms with E-state index < -0.39 is 0 Å². The zero-order valence-electron chi connectivity index (χ0n) is 8.90. The third-order valence-electron chi connectivity index (χ3n) is 3.11. The maximum Gasteiger partial charge on any atom is 0.0517 e. The summed E-state index contributed by atoms with van der Waals surface area (Å²) in [7, 11) is 0. The van der Waals surface area contributed by atoms with Crippen LogP contribution < -0.4 is 5.73 Å². The number of aromatic nitrogens is 1. The van der Waals surface area contributed by atoms with E-state index in [1.54, 1.807) is 0 Å². The minimum Gasteiger partial charge on any atom is -0.367 e. The fourth-order valence-corrected chi connectivity index (χ4v) is 2.38. The minimum atomic E-state index is 0.285. The molecule has 3 N–H and O–H groups in total. The van der Waals surface area contributed by atoms with Crippen LogP contribution in [-0.2, 0) is 0 Å². The van der Waals surface area contributed by atoms with Crippen LogP contribution in [0.4, 0.5) is 0 Å². The summed E-state index contributed by atoms with van der Waals surface area (Å²) >= 11 is 0. The number of nitrogens with zero attached hydrogens (tertiary/aromatic N) is 1. The first kappa shape index (κ1) is 9.74. The van der Waals surface area contributed by atoms with Gasteiger partial charge in [-0.3, -0.25) is 4.90 Å². The number of hydrogen-bond donors (Lipinski definition) is 2. The SMILES string of the molecule is CC(C)N1CCC(N)C1c1cc[nH]c1. The molecule has 1 aliphatic heterocycles. The molecule has 0 radical (unpaired) electrons. The van der Waals surface area contributed by atoms with Gasteiger partial charge in [0.25, 0.3) is 0 Å². The van der Waals surface area contributed by atoms with E-state index in [1.165, 1.54) is 5.56 Å². The Bertz CT molecular complexity index is 279. The Kier molecular flexibility index (Phi) is 2.61. The van der Waals surface area contributed by atoms with Gasteiger partial charge in [0.15, 0.2) is 0 Å². The van der Waals surface area contributed by atoms with Crippen molar-refractivity contribution in [1.29, 1.82) is 0 Å². The standard InChI is InChI=1S/C11H19N3/c1-8(2)14-6-4-10(12)11(14)9-3-5-13-7-9/h3,5,7-8,10-11,13H,4,6,12H2,1-2H3. The highest BCUT2D eigenvalue weighted by Gasteiger charge is 2.34. The molecule has 1 fully saturated rings. The Hall–Kier alpha value is -0.800. The number of rotatable bonds is 2. The van der Waals surface area contributed by atoms with Gasteiger partial charge < -0.3 is 10.7 Å². The molecule has 0 bridgehead atoms. The van der Waals surface area contributed by atoms with Gasteiger partial charge in [-0.25, -0.2) is 0 Å². The Morgan fingerprint density at radius 1 is 1.57 bits per heavy atom. The fraction of sp³-hybridized carbons (Fsp3) is 0.636. The molecule has 2 unspecified atom stereocenters. The summed E-state index contributed by atoms with van der Waals surface area (Å²) in [6.45, 7) is 5.59. The summed E-state index contributed by atoms with van der Waals surface area (Å²) in [4.78, 5) is 5.58. The van der Waals surface area contributed by atoms with E-state index >= 15 is 0 Å². The van der Waals surface area contributed by atoms with Crippen LogP contribution in [0.15, 0.2) is 18.5 Å². The highest BCUT2D eigenvalue weighted by atomic mass is 15.2. The molecule has 0 aliphatic carbocycles. The topological polar surface area (TPSA) is 45.0 Å².